The molecule has 22 heavy (non-hydrogen) atoms. The Morgan fingerprint density at radius 3 is 2.73 bits per heavy atom. The van der Waals surface area contributed by atoms with E-state index >= 15 is 0 Å². The van der Waals surface area contributed by atoms with E-state index in [-0.39, 0.29) is 5.91 Å². The molecule has 2 rings (SSSR count). The van der Waals surface area contributed by atoms with E-state index in [1.165, 1.54) is 0 Å². The van der Waals surface area contributed by atoms with Gasteiger partial charge in [-0.1, -0.05) is 0 Å². The molecule has 0 bridgehead atoms. The SMILES string of the molecule is CCOc1ccc(Nc2ncccc2C(=O)NCCN)cc1. The molecule has 116 valence electrons. The van der Waals surface area contributed by atoms with Crippen LogP contribution in [0.2, 0.25) is 0 Å². The molecule has 0 saturated heterocycles. The summed E-state index contributed by atoms with van der Waals surface area (Å²) in [5.74, 6) is 1.10. The Hall–Kier alpha value is -2.60. The zero-order valence-electron chi connectivity index (χ0n) is 12.5. The van der Waals surface area contributed by atoms with Crippen molar-refractivity contribution in [2.45, 2.75) is 6.92 Å². The third-order valence-electron chi connectivity index (χ3n) is 2.91. The van der Waals surface area contributed by atoms with Crippen LogP contribution < -0.4 is 21.1 Å². The minimum absolute atomic E-state index is 0.202. The molecule has 0 aliphatic heterocycles. The summed E-state index contributed by atoms with van der Waals surface area (Å²) in [6.45, 7) is 3.38. The van der Waals surface area contributed by atoms with E-state index in [9.17, 15) is 4.79 Å². The smallest absolute Gasteiger partial charge is 0.255 e. The number of hydrogen-bond acceptors (Lipinski definition) is 5. The fourth-order valence-electron chi connectivity index (χ4n) is 1.91. The Morgan fingerprint density at radius 2 is 2.05 bits per heavy atom. The lowest BCUT2D eigenvalue weighted by atomic mass is 10.2. The van der Waals surface area contributed by atoms with Gasteiger partial charge in [0, 0.05) is 25.0 Å². The number of rotatable bonds is 7. The first-order chi connectivity index (χ1) is 10.7. The van der Waals surface area contributed by atoms with Gasteiger partial charge in [-0.25, -0.2) is 4.98 Å². The summed E-state index contributed by atoms with van der Waals surface area (Å²) in [7, 11) is 0. The number of anilines is 2. The summed E-state index contributed by atoms with van der Waals surface area (Å²) in [6, 6.07) is 10.9. The molecule has 6 nitrogen and oxygen atoms in total. The number of nitrogens with two attached hydrogens (primary N) is 1. The molecule has 1 aromatic heterocycles. The zero-order valence-corrected chi connectivity index (χ0v) is 12.5. The van der Waals surface area contributed by atoms with Crippen LogP contribution in [0.4, 0.5) is 11.5 Å². The third kappa shape index (κ3) is 4.20. The summed E-state index contributed by atoms with van der Waals surface area (Å²) in [5.41, 5.74) is 6.70. The van der Waals surface area contributed by atoms with Crippen LogP contribution in [0.3, 0.4) is 0 Å². The van der Waals surface area contributed by atoms with Gasteiger partial charge in [0.2, 0.25) is 0 Å². The van der Waals surface area contributed by atoms with Crippen LogP contribution >= 0.6 is 0 Å². The average molecular weight is 300 g/mol. The van der Waals surface area contributed by atoms with E-state index in [1.807, 2.05) is 31.2 Å². The fourth-order valence-corrected chi connectivity index (χ4v) is 1.91. The lowest BCUT2D eigenvalue weighted by Gasteiger charge is -2.11. The second-order valence-electron chi connectivity index (χ2n) is 4.53. The first-order valence-electron chi connectivity index (χ1n) is 7.17. The quantitative estimate of drug-likeness (QED) is 0.727. The molecular weight excluding hydrogens is 280 g/mol. The zero-order chi connectivity index (χ0) is 15.8. The van der Waals surface area contributed by atoms with Crippen molar-refractivity contribution in [3.8, 4) is 5.75 Å². The van der Waals surface area contributed by atoms with Crippen molar-refractivity contribution in [1.82, 2.24) is 10.3 Å². The molecule has 6 heteroatoms. The summed E-state index contributed by atoms with van der Waals surface area (Å²) in [5, 5.41) is 5.88. The average Bonchev–Trinajstić information content (AvgIpc) is 2.55. The molecule has 1 heterocycles. The van der Waals surface area contributed by atoms with E-state index < -0.39 is 0 Å². The predicted octanol–water partition coefficient (Wildman–Crippen LogP) is 1.91. The highest BCUT2D eigenvalue weighted by atomic mass is 16.5. The third-order valence-corrected chi connectivity index (χ3v) is 2.91. The minimum atomic E-state index is -0.202. The Bertz CT molecular complexity index is 614. The number of carbonyl (C=O) groups is 1. The fraction of sp³-hybridized carbons (Fsp3) is 0.250. The van der Waals surface area contributed by atoms with Crippen LogP contribution in [0.25, 0.3) is 0 Å². The maximum Gasteiger partial charge on any atom is 0.255 e. The van der Waals surface area contributed by atoms with Crippen molar-refractivity contribution >= 4 is 17.4 Å². The van der Waals surface area contributed by atoms with Gasteiger partial charge in [-0.15, -0.1) is 0 Å². The first kappa shape index (κ1) is 15.8. The summed E-state index contributed by atoms with van der Waals surface area (Å²) >= 11 is 0. The number of nitrogens with one attached hydrogen (secondary N) is 2. The van der Waals surface area contributed by atoms with Crippen molar-refractivity contribution in [1.29, 1.82) is 0 Å². The molecule has 0 aliphatic carbocycles. The number of nitrogens with zero attached hydrogens (tertiary/aromatic N) is 1. The molecule has 1 aromatic carbocycles. The molecule has 0 unspecified atom stereocenters. The van der Waals surface area contributed by atoms with Gasteiger partial charge >= 0.3 is 0 Å². The standard InChI is InChI=1S/C16H20N4O2/c1-2-22-13-7-5-12(6-8-13)20-15-14(4-3-10-18-15)16(21)19-11-9-17/h3-8,10H,2,9,11,17H2,1H3,(H,18,20)(H,19,21). The molecule has 0 radical (unpaired) electrons. The number of aromatic nitrogens is 1. The number of carbonyl (C=O) groups excluding carboxylic acids is 1. The summed E-state index contributed by atoms with van der Waals surface area (Å²) in [6.07, 6.45) is 1.64. The van der Waals surface area contributed by atoms with Crippen molar-refractivity contribution < 1.29 is 9.53 Å². The van der Waals surface area contributed by atoms with Crippen molar-refractivity contribution in [3.05, 3.63) is 48.2 Å². The molecule has 1 amide bonds. The number of pyridine rings is 1. The lowest BCUT2D eigenvalue weighted by Crippen LogP contribution is -2.29. The maximum absolute atomic E-state index is 12.1. The first-order valence-corrected chi connectivity index (χ1v) is 7.17. The number of ether oxygens (including phenoxy) is 1. The molecular formula is C16H20N4O2. The Morgan fingerprint density at radius 1 is 1.27 bits per heavy atom. The molecule has 0 spiro atoms. The van der Waals surface area contributed by atoms with Crippen molar-refractivity contribution in [2.24, 2.45) is 5.73 Å². The van der Waals surface area contributed by atoms with Gasteiger partial charge in [0.15, 0.2) is 0 Å². The largest absolute Gasteiger partial charge is 0.494 e. The number of hydrogen-bond donors (Lipinski definition) is 3. The van der Waals surface area contributed by atoms with Crippen molar-refractivity contribution in [2.75, 3.05) is 25.0 Å². The van der Waals surface area contributed by atoms with Crippen LogP contribution in [0.1, 0.15) is 17.3 Å². The summed E-state index contributed by atoms with van der Waals surface area (Å²) in [4.78, 5) is 16.3. The van der Waals surface area contributed by atoms with E-state index in [2.05, 4.69) is 15.6 Å². The molecule has 0 atom stereocenters. The minimum Gasteiger partial charge on any atom is -0.494 e. The van der Waals surface area contributed by atoms with Gasteiger partial charge in [-0.05, 0) is 43.3 Å². The van der Waals surface area contributed by atoms with E-state index in [0.29, 0.717) is 31.1 Å². The number of amides is 1. The van der Waals surface area contributed by atoms with E-state index in [0.717, 1.165) is 11.4 Å². The normalized spacial score (nSPS) is 10.1. The molecule has 0 saturated carbocycles. The second kappa shape index (κ2) is 7.99. The lowest BCUT2D eigenvalue weighted by molar-refractivity contribution is 0.0955. The molecule has 2 aromatic rings. The molecule has 4 N–H and O–H groups in total. The van der Waals surface area contributed by atoms with E-state index in [4.69, 9.17) is 10.5 Å². The van der Waals surface area contributed by atoms with Gasteiger partial charge in [0.1, 0.15) is 11.6 Å². The van der Waals surface area contributed by atoms with Crippen LogP contribution in [0.15, 0.2) is 42.6 Å². The van der Waals surface area contributed by atoms with Crippen molar-refractivity contribution in [3.63, 3.8) is 0 Å². The predicted molar refractivity (Wildman–Crippen MR) is 86.5 cm³/mol. The van der Waals surface area contributed by atoms with Gasteiger partial charge < -0.3 is 21.1 Å². The monoisotopic (exact) mass is 300 g/mol. The second-order valence-corrected chi connectivity index (χ2v) is 4.53. The van der Waals surface area contributed by atoms with Gasteiger partial charge in [-0.2, -0.15) is 0 Å². The highest BCUT2D eigenvalue weighted by molar-refractivity contribution is 5.99. The Labute approximate surface area is 129 Å². The van der Waals surface area contributed by atoms with E-state index in [1.54, 1.807) is 18.3 Å². The Balaban J connectivity index is 2.13. The number of benzene rings is 1. The highest BCUT2D eigenvalue weighted by Gasteiger charge is 2.11. The van der Waals surface area contributed by atoms with Crippen LogP contribution in [-0.4, -0.2) is 30.6 Å². The van der Waals surface area contributed by atoms with Crippen LogP contribution in [0, 0.1) is 0 Å². The topological polar surface area (TPSA) is 89.3 Å². The van der Waals surface area contributed by atoms with Gasteiger partial charge in [0.05, 0.1) is 12.2 Å². The van der Waals surface area contributed by atoms with Gasteiger partial charge in [0.25, 0.3) is 5.91 Å². The maximum atomic E-state index is 12.1. The van der Waals surface area contributed by atoms with Gasteiger partial charge in [-0.3, -0.25) is 4.79 Å². The molecule has 0 aliphatic rings. The van der Waals surface area contributed by atoms with Crippen LogP contribution in [-0.2, 0) is 0 Å². The van der Waals surface area contributed by atoms with Crippen LogP contribution in [0.5, 0.6) is 5.75 Å². The Kier molecular flexibility index (Phi) is 5.73. The summed E-state index contributed by atoms with van der Waals surface area (Å²) < 4.78 is 5.40. The molecule has 0 fully saturated rings. The highest BCUT2D eigenvalue weighted by Crippen LogP contribution is 2.21.